The fraction of sp³-hybridized carbons (Fsp3) is 0.235. The molecule has 2 aromatic carbocycles. The third kappa shape index (κ3) is 4.82. The number of rotatable bonds is 5. The number of amides is 2. The van der Waals surface area contributed by atoms with E-state index in [4.69, 9.17) is 0 Å². The highest BCUT2D eigenvalue weighted by molar-refractivity contribution is 7.90. The van der Waals surface area contributed by atoms with Crippen molar-refractivity contribution in [2.75, 3.05) is 11.6 Å². The maximum atomic E-state index is 12.1. The zero-order valence-corrected chi connectivity index (χ0v) is 13.9. The van der Waals surface area contributed by atoms with E-state index in [2.05, 4.69) is 10.6 Å². The molecule has 6 heteroatoms. The molecule has 122 valence electrons. The van der Waals surface area contributed by atoms with Gasteiger partial charge in [0.1, 0.15) is 0 Å². The molecule has 2 aromatic rings. The molecule has 0 saturated carbocycles. The predicted molar refractivity (Wildman–Crippen MR) is 91.2 cm³/mol. The van der Waals surface area contributed by atoms with Gasteiger partial charge in [0, 0.05) is 11.9 Å². The molecule has 0 aromatic heterocycles. The highest BCUT2D eigenvalue weighted by Crippen LogP contribution is 2.19. The van der Waals surface area contributed by atoms with E-state index in [9.17, 15) is 13.2 Å². The molecule has 0 bridgehead atoms. The first-order chi connectivity index (χ1) is 10.9. The minimum absolute atomic E-state index is 0.188. The number of hydrogen-bond donors (Lipinski definition) is 2. The Bertz CT molecular complexity index is 756. The third-order valence-electron chi connectivity index (χ3n) is 3.46. The minimum atomic E-state index is -3.22. The predicted octanol–water partition coefficient (Wildman–Crippen LogP) is 3.36. The molecule has 0 radical (unpaired) electrons. The molecule has 0 aliphatic heterocycles. The van der Waals surface area contributed by atoms with Gasteiger partial charge in [0.2, 0.25) is 0 Å². The molecular formula is C17H20N2O3S. The van der Waals surface area contributed by atoms with Gasteiger partial charge >= 0.3 is 6.03 Å². The largest absolute Gasteiger partial charge is 0.331 e. The number of para-hydroxylation sites is 1. The normalized spacial score (nSPS) is 12.4. The van der Waals surface area contributed by atoms with Crippen LogP contribution in [0.15, 0.2) is 59.5 Å². The van der Waals surface area contributed by atoms with Crippen molar-refractivity contribution in [2.24, 2.45) is 0 Å². The Morgan fingerprint density at radius 1 is 1.04 bits per heavy atom. The lowest BCUT2D eigenvalue weighted by Gasteiger charge is -2.18. The Hall–Kier alpha value is -2.34. The summed E-state index contributed by atoms with van der Waals surface area (Å²) in [6.07, 6.45) is 1.87. The standard InChI is InChI=1S/C17H20N2O3S/c1-3-16(13-9-11-15(12-10-13)23(2,21)22)19-17(20)18-14-7-5-4-6-8-14/h4-12,16H,3H2,1-2H3,(H2,18,19,20)/t16-/m0/s1. The number of carbonyl (C=O) groups excluding carboxylic acids is 1. The molecule has 1 atom stereocenters. The first kappa shape index (κ1) is 17.0. The summed E-state index contributed by atoms with van der Waals surface area (Å²) >= 11 is 0. The van der Waals surface area contributed by atoms with Crippen LogP contribution in [0.3, 0.4) is 0 Å². The summed E-state index contributed by atoms with van der Waals surface area (Å²) in [4.78, 5) is 12.3. The Morgan fingerprint density at radius 3 is 2.17 bits per heavy atom. The van der Waals surface area contributed by atoms with Gasteiger partial charge in [-0.1, -0.05) is 37.3 Å². The van der Waals surface area contributed by atoms with Crippen molar-refractivity contribution in [3.63, 3.8) is 0 Å². The number of sulfone groups is 1. The van der Waals surface area contributed by atoms with E-state index in [0.29, 0.717) is 12.1 Å². The van der Waals surface area contributed by atoms with E-state index >= 15 is 0 Å². The second-order valence-corrected chi connectivity index (χ2v) is 7.28. The molecule has 23 heavy (non-hydrogen) atoms. The fourth-order valence-corrected chi connectivity index (χ4v) is 2.85. The fourth-order valence-electron chi connectivity index (χ4n) is 2.22. The van der Waals surface area contributed by atoms with Crippen molar-refractivity contribution >= 4 is 21.6 Å². The van der Waals surface area contributed by atoms with Gasteiger partial charge in [0.15, 0.2) is 9.84 Å². The first-order valence-corrected chi connectivity index (χ1v) is 9.22. The van der Waals surface area contributed by atoms with Gasteiger partial charge in [-0.05, 0) is 36.2 Å². The number of carbonyl (C=O) groups is 1. The molecule has 2 N–H and O–H groups in total. The van der Waals surface area contributed by atoms with E-state index in [0.717, 1.165) is 5.56 Å². The molecule has 0 fully saturated rings. The molecule has 0 aliphatic rings. The third-order valence-corrected chi connectivity index (χ3v) is 4.58. The van der Waals surface area contributed by atoms with Crippen molar-refractivity contribution in [1.82, 2.24) is 5.32 Å². The van der Waals surface area contributed by atoms with E-state index < -0.39 is 9.84 Å². The molecule has 0 aliphatic carbocycles. The van der Waals surface area contributed by atoms with Crippen molar-refractivity contribution in [1.29, 1.82) is 0 Å². The number of anilines is 1. The van der Waals surface area contributed by atoms with Crippen molar-refractivity contribution < 1.29 is 13.2 Å². The van der Waals surface area contributed by atoms with Crippen molar-refractivity contribution in [3.05, 3.63) is 60.2 Å². The van der Waals surface area contributed by atoms with E-state index in [1.165, 1.54) is 6.26 Å². The van der Waals surface area contributed by atoms with Crippen LogP contribution in [-0.4, -0.2) is 20.7 Å². The molecule has 2 amide bonds. The second kappa shape index (κ2) is 7.28. The highest BCUT2D eigenvalue weighted by atomic mass is 32.2. The smallest absolute Gasteiger partial charge is 0.319 e. The SMILES string of the molecule is CC[C@H](NC(=O)Nc1ccccc1)c1ccc(S(C)(=O)=O)cc1. The molecule has 0 spiro atoms. The Kier molecular flexibility index (Phi) is 5.39. The second-order valence-electron chi connectivity index (χ2n) is 5.27. The molecule has 5 nitrogen and oxygen atoms in total. The number of urea groups is 1. The van der Waals surface area contributed by atoms with Crippen LogP contribution in [0, 0.1) is 0 Å². The number of nitrogens with one attached hydrogen (secondary N) is 2. The van der Waals surface area contributed by atoms with Gasteiger partial charge in [-0.15, -0.1) is 0 Å². The zero-order valence-electron chi connectivity index (χ0n) is 13.1. The molecule has 0 heterocycles. The van der Waals surface area contributed by atoms with Gasteiger partial charge in [0.05, 0.1) is 10.9 Å². The van der Waals surface area contributed by atoms with Gasteiger partial charge in [-0.3, -0.25) is 0 Å². The molecule has 2 rings (SSSR count). The molecule has 0 unspecified atom stereocenters. The van der Waals surface area contributed by atoms with Crippen LogP contribution in [0.25, 0.3) is 0 Å². The summed E-state index contributed by atoms with van der Waals surface area (Å²) in [6.45, 7) is 1.96. The van der Waals surface area contributed by atoms with Crippen LogP contribution in [0.2, 0.25) is 0 Å². The molecule has 0 saturated heterocycles. The lowest BCUT2D eigenvalue weighted by atomic mass is 10.1. The highest BCUT2D eigenvalue weighted by Gasteiger charge is 2.14. The van der Waals surface area contributed by atoms with E-state index in [1.807, 2.05) is 25.1 Å². The summed E-state index contributed by atoms with van der Waals surface area (Å²) in [5.41, 5.74) is 1.58. The average Bonchev–Trinajstić information content (AvgIpc) is 2.53. The van der Waals surface area contributed by atoms with Gasteiger partial charge in [-0.2, -0.15) is 0 Å². The first-order valence-electron chi connectivity index (χ1n) is 7.32. The minimum Gasteiger partial charge on any atom is -0.331 e. The van der Waals surface area contributed by atoms with E-state index in [-0.39, 0.29) is 17.0 Å². The van der Waals surface area contributed by atoms with Crippen LogP contribution >= 0.6 is 0 Å². The monoisotopic (exact) mass is 332 g/mol. The number of benzene rings is 2. The van der Waals surface area contributed by atoms with E-state index in [1.54, 1.807) is 36.4 Å². The molecular weight excluding hydrogens is 312 g/mol. The van der Waals surface area contributed by atoms with Crippen LogP contribution < -0.4 is 10.6 Å². The summed E-state index contributed by atoms with van der Waals surface area (Å²) < 4.78 is 23.0. The van der Waals surface area contributed by atoms with Crippen LogP contribution in [0.5, 0.6) is 0 Å². The zero-order chi connectivity index (χ0) is 16.9. The lowest BCUT2D eigenvalue weighted by molar-refractivity contribution is 0.248. The van der Waals surface area contributed by atoms with Crippen LogP contribution in [0.1, 0.15) is 24.9 Å². The van der Waals surface area contributed by atoms with Gasteiger partial charge in [-0.25, -0.2) is 13.2 Å². The Morgan fingerprint density at radius 2 is 1.65 bits per heavy atom. The lowest BCUT2D eigenvalue weighted by Crippen LogP contribution is -2.32. The summed E-state index contributed by atoms with van der Waals surface area (Å²) in [5, 5.41) is 5.66. The maximum absolute atomic E-state index is 12.1. The number of hydrogen-bond acceptors (Lipinski definition) is 3. The average molecular weight is 332 g/mol. The Labute approximate surface area is 136 Å². The Balaban J connectivity index is 2.06. The summed E-state index contributed by atoms with van der Waals surface area (Å²) in [7, 11) is -3.22. The topological polar surface area (TPSA) is 75.3 Å². The maximum Gasteiger partial charge on any atom is 0.319 e. The van der Waals surface area contributed by atoms with Crippen LogP contribution in [0.4, 0.5) is 10.5 Å². The quantitative estimate of drug-likeness (QED) is 0.881. The van der Waals surface area contributed by atoms with Crippen molar-refractivity contribution in [3.8, 4) is 0 Å². The van der Waals surface area contributed by atoms with Crippen LogP contribution in [-0.2, 0) is 9.84 Å². The van der Waals surface area contributed by atoms with Gasteiger partial charge < -0.3 is 10.6 Å². The van der Waals surface area contributed by atoms with Gasteiger partial charge in [0.25, 0.3) is 0 Å². The summed E-state index contributed by atoms with van der Waals surface area (Å²) in [6, 6.07) is 15.3. The summed E-state index contributed by atoms with van der Waals surface area (Å²) in [5.74, 6) is 0. The van der Waals surface area contributed by atoms with Crippen molar-refractivity contribution in [2.45, 2.75) is 24.3 Å².